The third-order valence-corrected chi connectivity index (χ3v) is 3.19. The molecule has 1 rings (SSSR count). The van der Waals surface area contributed by atoms with Crippen molar-refractivity contribution in [2.24, 2.45) is 0 Å². The Kier molecular flexibility index (Phi) is 7.46. The normalized spacial score (nSPS) is 10.2. The Morgan fingerprint density at radius 2 is 1.43 bits per heavy atom. The lowest BCUT2D eigenvalue weighted by Crippen LogP contribution is -2.17. The van der Waals surface area contributed by atoms with Gasteiger partial charge in [-0.05, 0) is 49.9 Å². The number of unbranched alkanes of at least 4 members (excludes halogenated alkanes) is 3. The molecular formula is C16H24N2O3. The summed E-state index contributed by atoms with van der Waals surface area (Å²) in [6, 6.07) is 5.98. The molecule has 0 spiro atoms. The zero-order valence-corrected chi connectivity index (χ0v) is 12.7. The van der Waals surface area contributed by atoms with Crippen molar-refractivity contribution < 1.29 is 14.8 Å². The number of hydroxylamine groups is 1. The van der Waals surface area contributed by atoms with E-state index in [-0.39, 0.29) is 11.8 Å². The molecule has 0 radical (unpaired) electrons. The first-order chi connectivity index (χ1) is 10.0. The Labute approximate surface area is 125 Å². The average molecular weight is 292 g/mol. The van der Waals surface area contributed by atoms with Gasteiger partial charge in [0.1, 0.15) is 0 Å². The molecule has 0 atom stereocenters. The van der Waals surface area contributed by atoms with E-state index in [9.17, 15) is 9.59 Å². The fourth-order valence-electron chi connectivity index (χ4n) is 2.25. The number of hydrogen-bond acceptors (Lipinski definition) is 3. The molecule has 0 heterocycles. The number of rotatable bonds is 8. The van der Waals surface area contributed by atoms with Crippen molar-refractivity contribution in [3.05, 3.63) is 29.3 Å². The molecule has 2 amide bonds. The maximum absolute atomic E-state index is 11.8. The molecule has 116 valence electrons. The summed E-state index contributed by atoms with van der Waals surface area (Å²) in [6.07, 6.45) is 4.12. The van der Waals surface area contributed by atoms with Gasteiger partial charge < -0.3 is 5.32 Å². The number of aryl methyl sites for hydroxylation is 2. The zero-order valence-electron chi connectivity index (χ0n) is 12.7. The second-order valence-corrected chi connectivity index (χ2v) is 5.37. The number of nitrogens with one attached hydrogen (secondary N) is 2. The Morgan fingerprint density at radius 3 is 1.95 bits per heavy atom. The average Bonchev–Trinajstić information content (AvgIpc) is 2.41. The lowest BCUT2D eigenvalue weighted by atomic mass is 10.1. The van der Waals surface area contributed by atoms with Crippen molar-refractivity contribution in [1.82, 2.24) is 5.48 Å². The molecule has 0 unspecified atom stereocenters. The predicted molar refractivity (Wildman–Crippen MR) is 82.2 cm³/mol. The highest BCUT2D eigenvalue weighted by Crippen LogP contribution is 2.14. The van der Waals surface area contributed by atoms with E-state index < -0.39 is 0 Å². The van der Waals surface area contributed by atoms with Crippen LogP contribution in [0.3, 0.4) is 0 Å². The van der Waals surface area contributed by atoms with Crippen LogP contribution >= 0.6 is 0 Å². The van der Waals surface area contributed by atoms with Gasteiger partial charge in [0, 0.05) is 18.5 Å². The maximum Gasteiger partial charge on any atom is 0.243 e. The Hall–Kier alpha value is -1.88. The zero-order chi connectivity index (χ0) is 15.7. The van der Waals surface area contributed by atoms with Gasteiger partial charge >= 0.3 is 0 Å². The van der Waals surface area contributed by atoms with E-state index in [1.54, 1.807) is 5.48 Å². The summed E-state index contributed by atoms with van der Waals surface area (Å²) >= 11 is 0. The summed E-state index contributed by atoms with van der Waals surface area (Å²) in [5.74, 6) is -0.337. The van der Waals surface area contributed by atoms with E-state index in [0.29, 0.717) is 12.8 Å². The van der Waals surface area contributed by atoms with E-state index in [2.05, 4.69) is 11.4 Å². The molecule has 21 heavy (non-hydrogen) atoms. The molecule has 0 aliphatic rings. The van der Waals surface area contributed by atoms with Crippen LogP contribution in [0.1, 0.15) is 49.7 Å². The molecule has 0 aliphatic heterocycles. The van der Waals surface area contributed by atoms with Crippen LogP contribution in [0.5, 0.6) is 0 Å². The molecule has 1 aromatic rings. The van der Waals surface area contributed by atoms with Crippen LogP contribution in [-0.4, -0.2) is 17.0 Å². The van der Waals surface area contributed by atoms with E-state index in [4.69, 9.17) is 5.21 Å². The first-order valence-corrected chi connectivity index (χ1v) is 7.32. The Bertz CT molecular complexity index is 466. The highest BCUT2D eigenvalue weighted by molar-refractivity contribution is 5.90. The van der Waals surface area contributed by atoms with Crippen molar-refractivity contribution in [3.63, 3.8) is 0 Å². The van der Waals surface area contributed by atoms with Crippen molar-refractivity contribution >= 4 is 17.5 Å². The second-order valence-electron chi connectivity index (χ2n) is 5.37. The summed E-state index contributed by atoms with van der Waals surface area (Å²) in [7, 11) is 0. The molecule has 0 fully saturated rings. The van der Waals surface area contributed by atoms with Crippen molar-refractivity contribution in [2.45, 2.75) is 52.4 Å². The molecule has 0 bridgehead atoms. The monoisotopic (exact) mass is 292 g/mol. The van der Waals surface area contributed by atoms with Gasteiger partial charge in [0.15, 0.2) is 0 Å². The summed E-state index contributed by atoms with van der Waals surface area (Å²) < 4.78 is 0. The molecule has 0 aromatic heterocycles. The number of carbonyl (C=O) groups is 2. The van der Waals surface area contributed by atoms with E-state index >= 15 is 0 Å². The molecule has 1 aromatic carbocycles. The van der Waals surface area contributed by atoms with Gasteiger partial charge in [-0.25, -0.2) is 5.48 Å². The first kappa shape index (κ1) is 17.2. The predicted octanol–water partition coefficient (Wildman–Crippen LogP) is 3.09. The van der Waals surface area contributed by atoms with Gasteiger partial charge in [-0.1, -0.05) is 18.9 Å². The van der Waals surface area contributed by atoms with Gasteiger partial charge in [0.25, 0.3) is 0 Å². The minimum absolute atomic E-state index is 0.0214. The van der Waals surface area contributed by atoms with Crippen LogP contribution in [0.15, 0.2) is 18.2 Å². The standard InChI is InChI=1S/C16H24N2O3/c1-12-9-13(2)11-14(10-12)17-15(19)7-5-3-4-6-8-16(20)18-21/h9-11,21H,3-8H2,1-2H3,(H,17,19)(H,18,20). The van der Waals surface area contributed by atoms with E-state index in [0.717, 1.165) is 42.5 Å². The van der Waals surface area contributed by atoms with Gasteiger partial charge in [-0.2, -0.15) is 0 Å². The SMILES string of the molecule is Cc1cc(C)cc(NC(=O)CCCCCCC(=O)NO)c1. The van der Waals surface area contributed by atoms with Crippen LogP contribution in [0.25, 0.3) is 0 Å². The van der Waals surface area contributed by atoms with Gasteiger partial charge in [0.2, 0.25) is 11.8 Å². The van der Waals surface area contributed by atoms with E-state index in [1.807, 2.05) is 26.0 Å². The Balaban J connectivity index is 2.18. The molecule has 0 saturated carbocycles. The number of carbonyl (C=O) groups excluding carboxylic acids is 2. The minimum atomic E-state index is -0.359. The highest BCUT2D eigenvalue weighted by Gasteiger charge is 2.04. The molecule has 0 aliphatic carbocycles. The van der Waals surface area contributed by atoms with E-state index in [1.165, 1.54) is 0 Å². The number of hydrogen-bond donors (Lipinski definition) is 3. The van der Waals surface area contributed by atoms with Crippen LogP contribution in [0, 0.1) is 13.8 Å². The van der Waals surface area contributed by atoms with Crippen LogP contribution in [0.4, 0.5) is 5.69 Å². The lowest BCUT2D eigenvalue weighted by molar-refractivity contribution is -0.129. The second kappa shape index (κ2) is 9.13. The lowest BCUT2D eigenvalue weighted by Gasteiger charge is -2.07. The largest absolute Gasteiger partial charge is 0.326 e. The van der Waals surface area contributed by atoms with Crippen molar-refractivity contribution in [2.75, 3.05) is 5.32 Å². The van der Waals surface area contributed by atoms with Crippen LogP contribution in [0.2, 0.25) is 0 Å². The fourth-order valence-corrected chi connectivity index (χ4v) is 2.25. The summed E-state index contributed by atoms with van der Waals surface area (Å²) in [5, 5.41) is 11.2. The topological polar surface area (TPSA) is 78.4 Å². The number of amides is 2. The summed E-state index contributed by atoms with van der Waals surface area (Å²) in [4.78, 5) is 22.6. The molecule has 5 heteroatoms. The van der Waals surface area contributed by atoms with Gasteiger partial charge in [0.05, 0.1) is 0 Å². The number of anilines is 1. The van der Waals surface area contributed by atoms with Crippen molar-refractivity contribution in [3.8, 4) is 0 Å². The molecular weight excluding hydrogens is 268 g/mol. The maximum atomic E-state index is 11.8. The third-order valence-electron chi connectivity index (χ3n) is 3.19. The van der Waals surface area contributed by atoms with Gasteiger partial charge in [-0.3, -0.25) is 14.8 Å². The smallest absolute Gasteiger partial charge is 0.243 e. The minimum Gasteiger partial charge on any atom is -0.326 e. The number of benzene rings is 1. The molecule has 0 saturated heterocycles. The molecule has 5 nitrogen and oxygen atoms in total. The first-order valence-electron chi connectivity index (χ1n) is 7.32. The van der Waals surface area contributed by atoms with Crippen molar-refractivity contribution in [1.29, 1.82) is 0 Å². The quantitative estimate of drug-likeness (QED) is 0.391. The summed E-state index contributed by atoms with van der Waals surface area (Å²) in [6.45, 7) is 4.01. The van der Waals surface area contributed by atoms with Crippen LogP contribution < -0.4 is 10.8 Å². The Morgan fingerprint density at radius 1 is 0.905 bits per heavy atom. The summed E-state index contributed by atoms with van der Waals surface area (Å²) in [5.41, 5.74) is 4.72. The molecule has 3 N–H and O–H groups in total. The van der Waals surface area contributed by atoms with Crippen LogP contribution in [-0.2, 0) is 9.59 Å². The van der Waals surface area contributed by atoms with Gasteiger partial charge in [-0.15, -0.1) is 0 Å². The highest BCUT2D eigenvalue weighted by atomic mass is 16.5. The third kappa shape index (κ3) is 7.46. The fraction of sp³-hybridized carbons (Fsp3) is 0.500.